The molecule has 2 aromatic carbocycles. The van der Waals surface area contributed by atoms with Crippen LogP contribution in [-0.4, -0.2) is 26.5 Å². The molecule has 9 nitrogen and oxygen atoms in total. The van der Waals surface area contributed by atoms with Gasteiger partial charge in [-0.25, -0.2) is 18.1 Å². The number of hydrogen-bond donors (Lipinski definition) is 3. The number of halogens is 3. The molecule has 3 aromatic rings. The minimum absolute atomic E-state index is 0.359. The Morgan fingerprint density at radius 1 is 1.18 bits per heavy atom. The Morgan fingerprint density at radius 2 is 1.86 bits per heavy atom. The van der Waals surface area contributed by atoms with Crippen LogP contribution in [0.25, 0.3) is 10.9 Å². The molecule has 28 heavy (non-hydrogen) atoms. The van der Waals surface area contributed by atoms with Crippen molar-refractivity contribution in [3.05, 3.63) is 63.5 Å². The van der Waals surface area contributed by atoms with Crippen LogP contribution in [0.3, 0.4) is 0 Å². The van der Waals surface area contributed by atoms with Crippen LogP contribution in [-0.2, 0) is 0 Å². The van der Waals surface area contributed by atoms with Crippen molar-refractivity contribution in [1.82, 2.24) is 4.57 Å². The van der Waals surface area contributed by atoms with Crippen molar-refractivity contribution < 1.29 is 32.8 Å². The van der Waals surface area contributed by atoms with E-state index in [0.29, 0.717) is 10.6 Å². The quantitative estimate of drug-likeness (QED) is 0.463. The van der Waals surface area contributed by atoms with Crippen LogP contribution < -0.4 is 11.1 Å². The number of primary amides is 1. The highest BCUT2D eigenvalue weighted by Crippen LogP contribution is 2.37. The monoisotopic (exact) mass is 394 g/mol. The number of carbonyl (C=O) groups excluding carboxylic acids is 2. The maximum Gasteiger partial charge on any atom is 0.326 e. The van der Waals surface area contributed by atoms with Crippen molar-refractivity contribution in [1.29, 1.82) is 0 Å². The summed E-state index contributed by atoms with van der Waals surface area (Å²) < 4.78 is 41.8. The van der Waals surface area contributed by atoms with Crippen LogP contribution in [0.2, 0.25) is 0 Å². The average molecular weight is 394 g/mol. The molecule has 0 aliphatic rings. The predicted molar refractivity (Wildman–Crippen MR) is 89.5 cm³/mol. The number of nitro groups is 1. The number of aromatic nitrogens is 1. The second-order valence-corrected chi connectivity index (χ2v) is 5.50. The second-order valence-electron chi connectivity index (χ2n) is 5.50. The van der Waals surface area contributed by atoms with Gasteiger partial charge in [0, 0.05) is 12.1 Å². The van der Waals surface area contributed by atoms with Gasteiger partial charge in [-0.3, -0.25) is 14.9 Å². The van der Waals surface area contributed by atoms with Crippen molar-refractivity contribution >= 4 is 34.2 Å². The van der Waals surface area contributed by atoms with Crippen LogP contribution in [0.15, 0.2) is 30.3 Å². The number of anilines is 1. The van der Waals surface area contributed by atoms with E-state index in [0.717, 1.165) is 24.3 Å². The Labute approximate surface area is 152 Å². The maximum atomic E-state index is 14.6. The summed E-state index contributed by atoms with van der Waals surface area (Å²) in [7, 11) is 0. The highest BCUT2D eigenvalue weighted by Gasteiger charge is 2.31. The summed E-state index contributed by atoms with van der Waals surface area (Å²) in [6.45, 7) is 0. The van der Waals surface area contributed by atoms with Gasteiger partial charge in [-0.1, -0.05) is 0 Å². The molecule has 4 N–H and O–H groups in total. The number of nitrogens with two attached hydrogens (primary N) is 1. The first-order chi connectivity index (χ1) is 13.1. The van der Waals surface area contributed by atoms with Crippen LogP contribution >= 0.6 is 0 Å². The molecule has 0 bridgehead atoms. The first kappa shape index (κ1) is 18.7. The summed E-state index contributed by atoms with van der Waals surface area (Å²) in [4.78, 5) is 34.0. The molecule has 0 radical (unpaired) electrons. The summed E-state index contributed by atoms with van der Waals surface area (Å²) in [5.74, 6) is -6.03. The topological polar surface area (TPSA) is 140 Å². The maximum absolute atomic E-state index is 14.6. The van der Waals surface area contributed by atoms with Gasteiger partial charge in [-0.15, -0.1) is 0 Å². The normalized spacial score (nSPS) is 10.8. The van der Waals surface area contributed by atoms with Gasteiger partial charge in [-0.2, -0.15) is 4.39 Å². The summed E-state index contributed by atoms with van der Waals surface area (Å²) in [5, 5.41) is 22.4. The molecule has 144 valence electrons. The summed E-state index contributed by atoms with van der Waals surface area (Å²) in [5.41, 5.74) is 2.25. The smallest absolute Gasteiger partial charge is 0.326 e. The molecular weight excluding hydrogens is 385 g/mol. The van der Waals surface area contributed by atoms with Crippen LogP contribution in [0, 0.1) is 27.6 Å². The molecule has 0 unspecified atom stereocenters. The molecule has 1 aromatic heterocycles. The van der Waals surface area contributed by atoms with E-state index in [-0.39, 0.29) is 0 Å². The van der Waals surface area contributed by atoms with Crippen molar-refractivity contribution in [2.24, 2.45) is 5.73 Å². The molecule has 1 heterocycles. The third-order valence-electron chi connectivity index (χ3n) is 3.85. The lowest BCUT2D eigenvalue weighted by atomic mass is 10.1. The third-order valence-corrected chi connectivity index (χ3v) is 3.85. The van der Waals surface area contributed by atoms with Crippen molar-refractivity contribution in [2.75, 3.05) is 5.32 Å². The lowest BCUT2D eigenvalue weighted by Gasteiger charge is -2.07. The van der Waals surface area contributed by atoms with Crippen molar-refractivity contribution in [3.8, 4) is 5.88 Å². The summed E-state index contributed by atoms with van der Waals surface area (Å²) >= 11 is 0. The largest absolute Gasteiger partial charge is 0.494 e. The average Bonchev–Trinajstić information content (AvgIpc) is 2.90. The second kappa shape index (κ2) is 6.57. The van der Waals surface area contributed by atoms with E-state index in [1.807, 2.05) is 5.32 Å². The van der Waals surface area contributed by atoms with E-state index in [1.165, 1.54) is 0 Å². The van der Waals surface area contributed by atoms with Gasteiger partial charge in [0.05, 0.1) is 21.5 Å². The van der Waals surface area contributed by atoms with Gasteiger partial charge in [0.15, 0.2) is 0 Å². The number of fused-ring (bicyclic) bond motifs is 1. The molecule has 0 saturated carbocycles. The van der Waals surface area contributed by atoms with Gasteiger partial charge in [0.2, 0.25) is 11.7 Å². The first-order valence-electron chi connectivity index (χ1n) is 7.40. The molecule has 0 aliphatic carbocycles. The molecule has 0 atom stereocenters. The van der Waals surface area contributed by atoms with E-state index >= 15 is 0 Å². The van der Waals surface area contributed by atoms with E-state index in [1.54, 1.807) is 0 Å². The third kappa shape index (κ3) is 2.86. The number of nitrogens with one attached hydrogen (secondary N) is 1. The van der Waals surface area contributed by atoms with Crippen LogP contribution in [0.5, 0.6) is 5.88 Å². The van der Waals surface area contributed by atoms with E-state index in [2.05, 4.69) is 0 Å². The molecule has 12 heteroatoms. The van der Waals surface area contributed by atoms with Gasteiger partial charge >= 0.3 is 11.7 Å². The zero-order chi connectivity index (χ0) is 20.7. The van der Waals surface area contributed by atoms with Gasteiger partial charge in [-0.05, 0) is 18.2 Å². The van der Waals surface area contributed by atoms with E-state index < -0.39 is 68.0 Å². The summed E-state index contributed by atoms with van der Waals surface area (Å²) in [6.07, 6.45) is 0. The zero-order valence-corrected chi connectivity index (χ0v) is 13.6. The standard InChI is InChI=1S/C16H9F3N4O5/c17-6-1-2-8(7(18)5-6)21-14(24)12-11-9(22(15(12)25)16(20)26)3-4-10(13(11)19)23(27)28/h1-5,25H,(H2,20,26)(H,21,24). The fourth-order valence-electron chi connectivity index (χ4n) is 2.67. The number of amides is 2. The SMILES string of the molecule is NC(=O)n1c(O)c(C(=O)Nc2ccc(F)cc2F)c2c(F)c([N+](=O)[O-])ccc21. The Balaban J connectivity index is 2.25. The molecule has 0 spiro atoms. The Hall–Kier alpha value is -4.09. The molecular formula is C16H9F3N4O5. The molecule has 0 aliphatic heterocycles. The zero-order valence-electron chi connectivity index (χ0n) is 13.6. The number of benzene rings is 2. The lowest BCUT2D eigenvalue weighted by Crippen LogP contribution is -2.19. The Kier molecular flexibility index (Phi) is 4.39. The van der Waals surface area contributed by atoms with Crippen molar-refractivity contribution in [3.63, 3.8) is 0 Å². The van der Waals surface area contributed by atoms with Gasteiger partial charge in [0.1, 0.15) is 17.2 Å². The van der Waals surface area contributed by atoms with E-state index in [4.69, 9.17) is 5.73 Å². The molecule has 0 fully saturated rings. The first-order valence-corrected chi connectivity index (χ1v) is 7.40. The number of nitro benzene ring substituents is 1. The minimum atomic E-state index is -1.51. The number of carbonyl (C=O) groups is 2. The van der Waals surface area contributed by atoms with Gasteiger partial charge < -0.3 is 16.2 Å². The number of aromatic hydroxyl groups is 1. The van der Waals surface area contributed by atoms with Crippen molar-refractivity contribution in [2.45, 2.75) is 0 Å². The van der Waals surface area contributed by atoms with Crippen LogP contribution in [0.4, 0.5) is 29.3 Å². The Bertz CT molecular complexity index is 1180. The summed E-state index contributed by atoms with van der Waals surface area (Å²) in [6, 6.07) is 2.49. The molecule has 2 amide bonds. The van der Waals surface area contributed by atoms with Gasteiger partial charge in [0.25, 0.3) is 5.91 Å². The van der Waals surface area contributed by atoms with E-state index in [9.17, 15) is 38.0 Å². The minimum Gasteiger partial charge on any atom is -0.494 e. The molecule has 0 saturated heterocycles. The highest BCUT2D eigenvalue weighted by atomic mass is 19.1. The number of hydrogen-bond acceptors (Lipinski definition) is 5. The Morgan fingerprint density at radius 3 is 2.43 bits per heavy atom. The number of rotatable bonds is 3. The highest BCUT2D eigenvalue weighted by molar-refractivity contribution is 6.17. The fourth-order valence-corrected chi connectivity index (χ4v) is 2.67. The predicted octanol–water partition coefficient (Wildman–Crippen LogP) is 2.85. The molecule has 3 rings (SSSR count). The fraction of sp³-hybridized carbons (Fsp3) is 0. The lowest BCUT2D eigenvalue weighted by molar-refractivity contribution is -0.387. The number of nitrogens with zero attached hydrogens (tertiary/aromatic N) is 2. The van der Waals surface area contributed by atoms with Crippen LogP contribution in [0.1, 0.15) is 10.4 Å².